The van der Waals surface area contributed by atoms with Crippen LogP contribution in [0.15, 0.2) is 47.5 Å². The number of nitrogens with zero attached hydrogens (tertiary/aromatic N) is 1. The van der Waals surface area contributed by atoms with E-state index in [1.807, 2.05) is 0 Å². The zero-order valence-corrected chi connectivity index (χ0v) is 12.6. The van der Waals surface area contributed by atoms with Gasteiger partial charge in [-0.2, -0.15) is 0 Å². The summed E-state index contributed by atoms with van der Waals surface area (Å²) in [6.07, 6.45) is 0. The van der Waals surface area contributed by atoms with Crippen molar-refractivity contribution in [1.29, 1.82) is 0 Å². The van der Waals surface area contributed by atoms with E-state index in [9.17, 15) is 0 Å². The third-order valence-electron chi connectivity index (χ3n) is 2.37. The van der Waals surface area contributed by atoms with E-state index in [2.05, 4.69) is 4.99 Å². The summed E-state index contributed by atoms with van der Waals surface area (Å²) in [5.41, 5.74) is 6.26. The maximum Gasteiger partial charge on any atom is 0.146 e. The van der Waals surface area contributed by atoms with Crippen molar-refractivity contribution in [2.45, 2.75) is 0 Å². The fourth-order valence-corrected chi connectivity index (χ4v) is 1.98. The summed E-state index contributed by atoms with van der Waals surface area (Å²) in [5, 5.41) is 1.01. The number of amidine groups is 1. The second kappa shape index (κ2) is 6.84. The van der Waals surface area contributed by atoms with Crippen LogP contribution in [0.5, 0.6) is 11.5 Å². The smallest absolute Gasteiger partial charge is 0.146 e. The molecular formula is C14H11Cl3N2O. The summed E-state index contributed by atoms with van der Waals surface area (Å²) >= 11 is 17.4. The van der Waals surface area contributed by atoms with Crippen molar-refractivity contribution in [3.8, 4) is 11.5 Å². The number of rotatable bonds is 4. The molecule has 0 atom stereocenters. The fourth-order valence-electron chi connectivity index (χ4n) is 1.47. The number of alkyl halides is 1. The highest BCUT2D eigenvalue weighted by Gasteiger charge is 2.04. The predicted octanol–water partition coefficient (Wildman–Crippen LogP) is 5.01. The monoisotopic (exact) mass is 328 g/mol. The number of ether oxygens (including phenoxy) is 1. The molecule has 0 saturated carbocycles. The largest absolute Gasteiger partial charge is 0.456 e. The quantitative estimate of drug-likeness (QED) is 0.487. The first kappa shape index (κ1) is 15.0. The van der Waals surface area contributed by atoms with Crippen molar-refractivity contribution < 1.29 is 4.74 Å². The van der Waals surface area contributed by atoms with E-state index >= 15 is 0 Å². The molecule has 2 rings (SSSR count). The van der Waals surface area contributed by atoms with E-state index in [4.69, 9.17) is 45.3 Å². The molecule has 104 valence electrons. The minimum absolute atomic E-state index is 0.193. The number of nitrogens with two attached hydrogens (primary N) is 1. The molecule has 2 aromatic carbocycles. The zero-order valence-electron chi connectivity index (χ0n) is 10.3. The van der Waals surface area contributed by atoms with E-state index in [0.29, 0.717) is 33.1 Å². The highest BCUT2D eigenvalue weighted by Crippen LogP contribution is 2.32. The molecule has 0 heterocycles. The van der Waals surface area contributed by atoms with Crippen LogP contribution in [0.25, 0.3) is 0 Å². The number of hydrogen-bond donors (Lipinski definition) is 1. The molecule has 0 amide bonds. The van der Waals surface area contributed by atoms with Gasteiger partial charge in [-0.15, -0.1) is 11.6 Å². The maximum atomic E-state index is 6.04. The van der Waals surface area contributed by atoms with Gasteiger partial charge in [0.2, 0.25) is 0 Å². The first-order valence-corrected chi connectivity index (χ1v) is 6.99. The molecule has 0 fully saturated rings. The number of benzene rings is 2. The summed E-state index contributed by atoms with van der Waals surface area (Å²) in [6.45, 7) is 0. The Morgan fingerprint density at radius 3 is 2.40 bits per heavy atom. The third kappa shape index (κ3) is 4.04. The van der Waals surface area contributed by atoms with Crippen molar-refractivity contribution in [1.82, 2.24) is 0 Å². The molecule has 2 N–H and O–H groups in total. The minimum Gasteiger partial charge on any atom is -0.456 e. The second-order valence-corrected chi connectivity index (χ2v) is 5.02. The van der Waals surface area contributed by atoms with Crippen LogP contribution in [-0.4, -0.2) is 11.7 Å². The number of aliphatic imine (C=N–C) groups is 1. The zero-order chi connectivity index (χ0) is 14.5. The molecule has 3 nitrogen and oxygen atoms in total. The van der Waals surface area contributed by atoms with Crippen LogP contribution in [0.2, 0.25) is 10.0 Å². The third-order valence-corrected chi connectivity index (χ3v) is 3.17. The van der Waals surface area contributed by atoms with Gasteiger partial charge in [-0.25, -0.2) is 4.99 Å². The Kier molecular flexibility index (Phi) is 5.12. The second-order valence-electron chi connectivity index (χ2n) is 3.91. The average Bonchev–Trinajstić information content (AvgIpc) is 2.44. The molecule has 0 saturated heterocycles. The van der Waals surface area contributed by atoms with Gasteiger partial charge in [-0.1, -0.05) is 23.2 Å². The van der Waals surface area contributed by atoms with Crippen LogP contribution in [-0.2, 0) is 0 Å². The number of hydrogen-bond acceptors (Lipinski definition) is 2. The van der Waals surface area contributed by atoms with Gasteiger partial charge in [0.15, 0.2) is 0 Å². The van der Waals surface area contributed by atoms with Crippen molar-refractivity contribution in [3.05, 3.63) is 52.5 Å². The molecule has 2 aromatic rings. The van der Waals surface area contributed by atoms with E-state index in [0.717, 1.165) is 0 Å². The average molecular weight is 330 g/mol. The Hall–Kier alpha value is -1.42. The Morgan fingerprint density at radius 2 is 1.80 bits per heavy atom. The van der Waals surface area contributed by atoms with E-state index in [1.54, 1.807) is 42.5 Å². The lowest BCUT2D eigenvalue weighted by molar-refractivity contribution is 0.483. The molecule has 20 heavy (non-hydrogen) atoms. The fraction of sp³-hybridized carbons (Fsp3) is 0.0714. The van der Waals surface area contributed by atoms with Gasteiger partial charge in [0.05, 0.1) is 16.6 Å². The van der Waals surface area contributed by atoms with E-state index < -0.39 is 0 Å². The summed E-state index contributed by atoms with van der Waals surface area (Å²) in [5.74, 6) is 1.73. The summed E-state index contributed by atoms with van der Waals surface area (Å²) < 4.78 is 5.65. The highest BCUT2D eigenvalue weighted by atomic mass is 35.5. The lowest BCUT2D eigenvalue weighted by Crippen LogP contribution is -2.12. The Morgan fingerprint density at radius 1 is 1.10 bits per heavy atom. The standard InChI is InChI=1S/C14H11Cl3N2O/c15-8-14(18)19-10-2-4-11(5-3-10)20-13-6-1-9(16)7-12(13)17/h1-7H,8H2,(H2,18,19). The SMILES string of the molecule is NC(CCl)=Nc1ccc(Oc2ccc(Cl)cc2Cl)cc1. The van der Waals surface area contributed by atoms with Gasteiger partial charge in [0, 0.05) is 5.02 Å². The van der Waals surface area contributed by atoms with E-state index in [1.165, 1.54) is 0 Å². The van der Waals surface area contributed by atoms with Crippen LogP contribution in [0.3, 0.4) is 0 Å². The van der Waals surface area contributed by atoms with Crippen LogP contribution >= 0.6 is 34.8 Å². The summed E-state index contributed by atoms with van der Waals surface area (Å²) in [4.78, 5) is 4.12. The summed E-state index contributed by atoms with van der Waals surface area (Å²) in [7, 11) is 0. The molecule has 0 unspecified atom stereocenters. The normalized spacial score (nSPS) is 11.4. The van der Waals surface area contributed by atoms with Crippen molar-refractivity contribution in [2.24, 2.45) is 10.7 Å². The Labute approximate surface area is 131 Å². The van der Waals surface area contributed by atoms with Gasteiger partial charge in [0.1, 0.15) is 17.3 Å². The molecule has 0 aliphatic rings. The molecule has 6 heteroatoms. The van der Waals surface area contributed by atoms with Crippen molar-refractivity contribution >= 4 is 46.3 Å². The minimum atomic E-state index is 0.193. The number of halogens is 3. The van der Waals surface area contributed by atoms with Crippen LogP contribution in [0.4, 0.5) is 5.69 Å². The molecule has 0 aliphatic heterocycles. The Bertz CT molecular complexity index is 627. The van der Waals surface area contributed by atoms with Gasteiger partial charge in [-0.05, 0) is 42.5 Å². The molecule has 0 bridgehead atoms. The Balaban J connectivity index is 2.14. The van der Waals surface area contributed by atoms with Gasteiger partial charge >= 0.3 is 0 Å². The molecule has 0 radical (unpaired) electrons. The molecular weight excluding hydrogens is 319 g/mol. The lowest BCUT2D eigenvalue weighted by Gasteiger charge is -2.08. The predicted molar refractivity (Wildman–Crippen MR) is 85.0 cm³/mol. The summed E-state index contributed by atoms with van der Waals surface area (Å²) in [6, 6.07) is 12.1. The van der Waals surface area contributed by atoms with Crippen LogP contribution in [0, 0.1) is 0 Å². The first-order valence-electron chi connectivity index (χ1n) is 5.70. The van der Waals surface area contributed by atoms with Gasteiger partial charge < -0.3 is 10.5 Å². The van der Waals surface area contributed by atoms with E-state index in [-0.39, 0.29) is 5.88 Å². The molecule has 0 aliphatic carbocycles. The van der Waals surface area contributed by atoms with Crippen molar-refractivity contribution in [3.63, 3.8) is 0 Å². The van der Waals surface area contributed by atoms with Gasteiger partial charge in [0.25, 0.3) is 0 Å². The molecule has 0 aromatic heterocycles. The highest BCUT2D eigenvalue weighted by molar-refractivity contribution is 6.35. The van der Waals surface area contributed by atoms with Crippen molar-refractivity contribution in [2.75, 3.05) is 5.88 Å². The van der Waals surface area contributed by atoms with Crippen LogP contribution in [0.1, 0.15) is 0 Å². The first-order chi connectivity index (χ1) is 9.58. The van der Waals surface area contributed by atoms with Crippen LogP contribution < -0.4 is 10.5 Å². The molecule has 0 spiro atoms. The lowest BCUT2D eigenvalue weighted by atomic mass is 10.3. The maximum absolute atomic E-state index is 6.04. The van der Waals surface area contributed by atoms with Gasteiger partial charge in [-0.3, -0.25) is 0 Å². The topological polar surface area (TPSA) is 47.6 Å².